The van der Waals surface area contributed by atoms with E-state index >= 15 is 0 Å². The number of para-hydroxylation sites is 2. The van der Waals surface area contributed by atoms with Crippen LogP contribution in [0.1, 0.15) is 6.42 Å². The smallest absolute Gasteiger partial charge is 0.239 e. The zero-order chi connectivity index (χ0) is 16.2. The first-order valence-electron chi connectivity index (χ1n) is 6.99. The summed E-state index contributed by atoms with van der Waals surface area (Å²) in [5.41, 5.74) is 6.72. The third kappa shape index (κ3) is 3.78. The lowest BCUT2D eigenvalue weighted by Crippen LogP contribution is -2.37. The lowest BCUT2D eigenvalue weighted by molar-refractivity contribution is -0.123. The van der Waals surface area contributed by atoms with Crippen molar-refractivity contribution in [2.45, 2.75) is 16.6 Å². The molecule has 0 aliphatic carbocycles. The molecule has 1 heterocycles. The second-order valence-electron chi connectivity index (χ2n) is 4.95. The van der Waals surface area contributed by atoms with E-state index in [1.54, 1.807) is 18.2 Å². The summed E-state index contributed by atoms with van der Waals surface area (Å²) in [6.45, 7) is 0. The van der Waals surface area contributed by atoms with Crippen LogP contribution in [0, 0.1) is 0 Å². The van der Waals surface area contributed by atoms with Crippen molar-refractivity contribution < 1.29 is 9.59 Å². The quantitative estimate of drug-likeness (QED) is 0.742. The van der Waals surface area contributed by atoms with E-state index in [1.807, 2.05) is 30.3 Å². The number of halogens is 1. The Morgan fingerprint density at radius 1 is 1.17 bits per heavy atom. The molecule has 5 nitrogen and oxygen atoms in total. The Bertz CT molecular complexity index is 754. The van der Waals surface area contributed by atoms with Gasteiger partial charge >= 0.3 is 0 Å². The van der Waals surface area contributed by atoms with E-state index < -0.39 is 5.25 Å². The summed E-state index contributed by atoms with van der Waals surface area (Å²) < 4.78 is 0. The molecule has 0 radical (unpaired) electrons. The Labute approximate surface area is 142 Å². The van der Waals surface area contributed by atoms with Crippen LogP contribution in [-0.4, -0.2) is 17.1 Å². The number of anilines is 2. The first kappa shape index (κ1) is 15.7. The molecule has 1 aliphatic rings. The van der Waals surface area contributed by atoms with Gasteiger partial charge < -0.3 is 5.32 Å². The van der Waals surface area contributed by atoms with Crippen LogP contribution in [0.25, 0.3) is 0 Å². The number of carbonyl (C=O) groups excluding carboxylic acids is 2. The minimum Gasteiger partial charge on any atom is -0.324 e. The van der Waals surface area contributed by atoms with Crippen LogP contribution in [0.5, 0.6) is 0 Å². The fraction of sp³-hybridized carbons (Fsp3) is 0.125. The monoisotopic (exact) mass is 347 g/mol. The van der Waals surface area contributed by atoms with Gasteiger partial charge in [-0.1, -0.05) is 35.9 Å². The maximum atomic E-state index is 12.1. The fourth-order valence-corrected chi connectivity index (χ4v) is 3.44. The van der Waals surface area contributed by atoms with Gasteiger partial charge in [0.15, 0.2) is 0 Å². The highest BCUT2D eigenvalue weighted by atomic mass is 35.5. The molecule has 7 heteroatoms. The Morgan fingerprint density at radius 3 is 2.74 bits per heavy atom. The second kappa shape index (κ2) is 6.93. The van der Waals surface area contributed by atoms with Gasteiger partial charge in [-0.05, 0) is 24.3 Å². The van der Waals surface area contributed by atoms with Crippen LogP contribution in [0.3, 0.4) is 0 Å². The minimum atomic E-state index is -0.460. The fourth-order valence-electron chi connectivity index (χ4n) is 2.15. The molecule has 23 heavy (non-hydrogen) atoms. The summed E-state index contributed by atoms with van der Waals surface area (Å²) in [4.78, 5) is 25.1. The van der Waals surface area contributed by atoms with Gasteiger partial charge in [-0.3, -0.25) is 20.4 Å². The summed E-state index contributed by atoms with van der Waals surface area (Å²) >= 11 is 7.39. The highest BCUT2D eigenvalue weighted by molar-refractivity contribution is 8.01. The van der Waals surface area contributed by atoms with E-state index in [1.165, 1.54) is 11.8 Å². The highest BCUT2D eigenvalue weighted by Gasteiger charge is 2.28. The van der Waals surface area contributed by atoms with Crippen molar-refractivity contribution in [3.8, 4) is 0 Å². The SMILES string of the molecule is O=C(C[C@@H]1Sc2ccccc2NC1=O)NNc1ccccc1Cl. The van der Waals surface area contributed by atoms with Crippen molar-refractivity contribution in [2.75, 3.05) is 10.7 Å². The maximum absolute atomic E-state index is 12.1. The van der Waals surface area contributed by atoms with Crippen molar-refractivity contribution in [1.29, 1.82) is 0 Å². The molecule has 3 N–H and O–H groups in total. The minimum absolute atomic E-state index is 0.0717. The molecule has 2 amide bonds. The molecule has 0 saturated heterocycles. The summed E-state index contributed by atoms with van der Waals surface area (Å²) in [5.74, 6) is -0.446. The Hall–Kier alpha value is -2.18. The number of hydrogen-bond donors (Lipinski definition) is 3. The summed E-state index contributed by atoms with van der Waals surface area (Å²) in [6, 6.07) is 14.6. The van der Waals surface area contributed by atoms with E-state index in [0.29, 0.717) is 10.7 Å². The Kier molecular flexibility index (Phi) is 4.73. The van der Waals surface area contributed by atoms with Crippen molar-refractivity contribution in [3.63, 3.8) is 0 Å². The van der Waals surface area contributed by atoms with Crippen LogP contribution < -0.4 is 16.2 Å². The summed E-state index contributed by atoms with van der Waals surface area (Å²) in [7, 11) is 0. The Morgan fingerprint density at radius 2 is 1.91 bits per heavy atom. The summed E-state index contributed by atoms with van der Waals surface area (Å²) in [5, 5.41) is 2.86. The second-order valence-corrected chi connectivity index (χ2v) is 6.60. The standard InChI is InChI=1S/C16H14ClN3O2S/c17-10-5-1-2-6-11(10)19-20-15(21)9-14-16(22)18-12-7-3-4-8-13(12)23-14/h1-8,14,19H,9H2,(H,18,22)(H,20,21)/t14-/m0/s1. The van der Waals surface area contributed by atoms with Crippen LogP contribution in [-0.2, 0) is 9.59 Å². The molecule has 1 atom stereocenters. The zero-order valence-corrected chi connectivity index (χ0v) is 13.6. The number of rotatable bonds is 4. The molecule has 1 aliphatic heterocycles. The molecule has 0 unspecified atom stereocenters. The topological polar surface area (TPSA) is 70.2 Å². The van der Waals surface area contributed by atoms with Gasteiger partial charge in [-0.25, -0.2) is 0 Å². The molecular weight excluding hydrogens is 334 g/mol. The summed E-state index contributed by atoms with van der Waals surface area (Å²) in [6.07, 6.45) is 0.0717. The van der Waals surface area contributed by atoms with Gasteiger partial charge in [0.05, 0.1) is 21.6 Å². The predicted molar refractivity (Wildman–Crippen MR) is 92.6 cm³/mol. The van der Waals surface area contributed by atoms with Gasteiger partial charge in [0, 0.05) is 11.3 Å². The average Bonchev–Trinajstić information content (AvgIpc) is 2.55. The average molecular weight is 348 g/mol. The molecule has 0 bridgehead atoms. The number of thioether (sulfide) groups is 1. The number of nitrogens with one attached hydrogen (secondary N) is 3. The molecule has 0 spiro atoms. The van der Waals surface area contributed by atoms with Crippen molar-refractivity contribution in [1.82, 2.24) is 5.43 Å². The zero-order valence-electron chi connectivity index (χ0n) is 12.0. The van der Waals surface area contributed by atoms with E-state index in [0.717, 1.165) is 10.6 Å². The van der Waals surface area contributed by atoms with E-state index in [2.05, 4.69) is 16.2 Å². The highest BCUT2D eigenvalue weighted by Crippen LogP contribution is 2.36. The predicted octanol–water partition coefficient (Wildman–Crippen LogP) is 3.29. The van der Waals surface area contributed by atoms with E-state index in [-0.39, 0.29) is 18.2 Å². The number of benzene rings is 2. The van der Waals surface area contributed by atoms with E-state index in [4.69, 9.17) is 11.6 Å². The first-order valence-corrected chi connectivity index (χ1v) is 8.25. The molecule has 0 aromatic heterocycles. The number of fused-ring (bicyclic) bond motifs is 1. The Balaban J connectivity index is 1.58. The molecule has 0 saturated carbocycles. The number of hydrazine groups is 1. The van der Waals surface area contributed by atoms with Crippen LogP contribution in [0.2, 0.25) is 5.02 Å². The third-order valence-corrected chi connectivity index (χ3v) is 4.89. The molecule has 2 aromatic rings. The number of carbonyl (C=O) groups is 2. The van der Waals surface area contributed by atoms with Crippen LogP contribution >= 0.6 is 23.4 Å². The van der Waals surface area contributed by atoms with Crippen molar-refractivity contribution >= 4 is 46.6 Å². The molecule has 2 aromatic carbocycles. The van der Waals surface area contributed by atoms with Gasteiger partial charge in [0.1, 0.15) is 0 Å². The molecule has 3 rings (SSSR count). The molecule has 0 fully saturated rings. The normalized spacial score (nSPS) is 16.2. The first-order chi connectivity index (χ1) is 11.1. The van der Waals surface area contributed by atoms with Gasteiger partial charge in [0.25, 0.3) is 0 Å². The number of amides is 2. The van der Waals surface area contributed by atoms with Gasteiger partial charge in [-0.15, -0.1) is 11.8 Å². The van der Waals surface area contributed by atoms with Crippen LogP contribution in [0.15, 0.2) is 53.4 Å². The molecular formula is C16H14ClN3O2S. The van der Waals surface area contributed by atoms with E-state index in [9.17, 15) is 9.59 Å². The largest absolute Gasteiger partial charge is 0.324 e. The lowest BCUT2D eigenvalue weighted by atomic mass is 10.2. The van der Waals surface area contributed by atoms with Crippen LogP contribution in [0.4, 0.5) is 11.4 Å². The molecule has 118 valence electrons. The maximum Gasteiger partial charge on any atom is 0.239 e. The third-order valence-electron chi connectivity index (χ3n) is 3.29. The van der Waals surface area contributed by atoms with Crippen molar-refractivity contribution in [2.24, 2.45) is 0 Å². The lowest BCUT2D eigenvalue weighted by Gasteiger charge is -2.23. The number of hydrogen-bond acceptors (Lipinski definition) is 4. The van der Waals surface area contributed by atoms with Gasteiger partial charge in [0.2, 0.25) is 11.8 Å². The van der Waals surface area contributed by atoms with Gasteiger partial charge in [-0.2, -0.15) is 0 Å². The van der Waals surface area contributed by atoms with Crippen molar-refractivity contribution in [3.05, 3.63) is 53.6 Å².